The molecule has 1 N–H and O–H groups in total. The molecule has 1 aromatic carbocycles. The molecule has 0 atom stereocenters. The van der Waals surface area contributed by atoms with Crippen LogP contribution in [0.3, 0.4) is 0 Å². The van der Waals surface area contributed by atoms with E-state index in [9.17, 15) is 4.79 Å². The molecule has 0 aliphatic carbocycles. The van der Waals surface area contributed by atoms with Gasteiger partial charge in [0.05, 0.1) is 26.3 Å². The Morgan fingerprint density at radius 3 is 2.48 bits per heavy atom. The molecule has 0 aliphatic rings. The van der Waals surface area contributed by atoms with Crippen LogP contribution < -0.4 is 14.8 Å². The molecule has 6 heteroatoms. The second-order valence-electron chi connectivity index (χ2n) is 6.52. The van der Waals surface area contributed by atoms with Gasteiger partial charge in [-0.05, 0) is 31.9 Å². The number of anilines is 1. The van der Waals surface area contributed by atoms with Crippen LogP contribution in [0.2, 0.25) is 0 Å². The first-order chi connectivity index (χ1) is 11.8. The number of rotatable bonds is 7. The topological polar surface area (TPSA) is 65.4 Å². The first-order valence-electron chi connectivity index (χ1n) is 8.40. The summed E-state index contributed by atoms with van der Waals surface area (Å²) in [5.41, 5.74) is 3.61. The van der Waals surface area contributed by atoms with Gasteiger partial charge in [0.15, 0.2) is 11.5 Å². The molecule has 0 aliphatic heterocycles. The van der Waals surface area contributed by atoms with Crippen LogP contribution in [0.1, 0.15) is 30.8 Å². The van der Waals surface area contributed by atoms with E-state index in [2.05, 4.69) is 24.3 Å². The fourth-order valence-corrected chi connectivity index (χ4v) is 2.79. The maximum atomic E-state index is 12.5. The van der Waals surface area contributed by atoms with Gasteiger partial charge in [0, 0.05) is 29.6 Å². The smallest absolute Gasteiger partial charge is 0.228 e. The summed E-state index contributed by atoms with van der Waals surface area (Å²) in [5.74, 6) is 1.63. The minimum atomic E-state index is -0.0810. The first-order valence-corrected chi connectivity index (χ1v) is 8.40. The lowest BCUT2D eigenvalue weighted by molar-refractivity contribution is -0.115. The van der Waals surface area contributed by atoms with E-state index in [1.807, 2.05) is 18.5 Å². The van der Waals surface area contributed by atoms with Crippen molar-refractivity contribution in [3.8, 4) is 11.5 Å². The molecule has 0 radical (unpaired) electrons. The van der Waals surface area contributed by atoms with Gasteiger partial charge in [0.25, 0.3) is 0 Å². The van der Waals surface area contributed by atoms with E-state index in [0.717, 1.165) is 23.5 Å². The van der Waals surface area contributed by atoms with Crippen molar-refractivity contribution >= 4 is 11.6 Å². The summed E-state index contributed by atoms with van der Waals surface area (Å²) >= 11 is 0. The molecule has 0 unspecified atom stereocenters. The molecular weight excluding hydrogens is 318 g/mol. The molecule has 25 heavy (non-hydrogen) atoms. The Morgan fingerprint density at radius 2 is 1.88 bits per heavy atom. The molecular formula is C19H27N3O3. The molecule has 2 aromatic rings. The number of hydrogen-bond donors (Lipinski definition) is 1. The van der Waals surface area contributed by atoms with Crippen LogP contribution in [-0.2, 0) is 17.8 Å². The quantitative estimate of drug-likeness (QED) is 0.836. The van der Waals surface area contributed by atoms with E-state index in [4.69, 9.17) is 9.47 Å². The van der Waals surface area contributed by atoms with Crippen LogP contribution in [-0.4, -0.2) is 29.9 Å². The number of aryl methyl sites for hydroxylation is 1. The molecule has 0 bridgehead atoms. The Labute approximate surface area is 149 Å². The van der Waals surface area contributed by atoms with Crippen molar-refractivity contribution in [1.82, 2.24) is 9.78 Å². The molecule has 136 valence electrons. The third kappa shape index (κ3) is 4.53. The predicted molar refractivity (Wildman–Crippen MR) is 98.4 cm³/mol. The largest absolute Gasteiger partial charge is 0.493 e. The van der Waals surface area contributed by atoms with Crippen molar-refractivity contribution < 1.29 is 14.3 Å². The van der Waals surface area contributed by atoms with E-state index < -0.39 is 0 Å². The van der Waals surface area contributed by atoms with Gasteiger partial charge in [-0.1, -0.05) is 13.8 Å². The molecule has 6 nitrogen and oxygen atoms in total. The Morgan fingerprint density at radius 1 is 1.20 bits per heavy atom. The maximum Gasteiger partial charge on any atom is 0.228 e. The van der Waals surface area contributed by atoms with Crippen molar-refractivity contribution in [3.05, 3.63) is 35.2 Å². The first kappa shape index (κ1) is 18.8. The molecule has 1 aromatic heterocycles. The summed E-state index contributed by atoms with van der Waals surface area (Å²) in [6, 6.07) is 5.31. The van der Waals surface area contributed by atoms with Crippen LogP contribution in [0.15, 0.2) is 18.2 Å². The molecule has 0 saturated heterocycles. The Balaban J connectivity index is 2.12. The van der Waals surface area contributed by atoms with Crippen molar-refractivity contribution in [2.75, 3.05) is 19.5 Å². The van der Waals surface area contributed by atoms with Gasteiger partial charge in [-0.25, -0.2) is 0 Å². The lowest BCUT2D eigenvalue weighted by Crippen LogP contribution is -2.15. The highest BCUT2D eigenvalue weighted by Crippen LogP contribution is 2.29. The number of amides is 1. The maximum absolute atomic E-state index is 12.5. The Bertz CT molecular complexity index is 751. The van der Waals surface area contributed by atoms with Crippen molar-refractivity contribution in [2.24, 2.45) is 5.92 Å². The summed E-state index contributed by atoms with van der Waals surface area (Å²) in [4.78, 5) is 12.5. The van der Waals surface area contributed by atoms with Gasteiger partial charge < -0.3 is 14.8 Å². The van der Waals surface area contributed by atoms with Gasteiger partial charge in [-0.2, -0.15) is 5.10 Å². The van der Waals surface area contributed by atoms with E-state index in [0.29, 0.717) is 29.5 Å². The summed E-state index contributed by atoms with van der Waals surface area (Å²) in [7, 11) is 3.15. The van der Waals surface area contributed by atoms with Gasteiger partial charge in [-0.15, -0.1) is 0 Å². The molecule has 1 heterocycles. The standard InChI is InChI=1S/C19H27N3O3/c1-12(2)11-22-14(4)16(13(3)21-22)10-19(23)20-15-7-8-17(24-5)18(9-15)25-6/h7-9,12H,10-11H2,1-6H3,(H,20,23). The van der Waals surface area contributed by atoms with E-state index >= 15 is 0 Å². The highest BCUT2D eigenvalue weighted by Gasteiger charge is 2.16. The highest BCUT2D eigenvalue weighted by atomic mass is 16.5. The number of aromatic nitrogens is 2. The fraction of sp³-hybridized carbons (Fsp3) is 0.474. The zero-order chi connectivity index (χ0) is 18.6. The van der Waals surface area contributed by atoms with Crippen molar-refractivity contribution in [3.63, 3.8) is 0 Å². The summed E-state index contributed by atoms with van der Waals surface area (Å²) in [6.45, 7) is 9.12. The SMILES string of the molecule is COc1ccc(NC(=O)Cc2c(C)nn(CC(C)C)c2C)cc1OC. The third-order valence-corrected chi connectivity index (χ3v) is 4.07. The number of hydrogen-bond acceptors (Lipinski definition) is 4. The number of nitrogens with zero attached hydrogens (tertiary/aromatic N) is 2. The van der Waals surface area contributed by atoms with Crippen LogP contribution in [0.4, 0.5) is 5.69 Å². The van der Waals surface area contributed by atoms with Crippen molar-refractivity contribution in [2.45, 2.75) is 40.7 Å². The highest BCUT2D eigenvalue weighted by molar-refractivity contribution is 5.92. The molecule has 0 spiro atoms. The second-order valence-corrected chi connectivity index (χ2v) is 6.52. The zero-order valence-electron chi connectivity index (χ0n) is 15.8. The lowest BCUT2D eigenvalue weighted by Gasteiger charge is -2.11. The van der Waals surface area contributed by atoms with Gasteiger partial charge in [0.1, 0.15) is 0 Å². The molecule has 0 saturated carbocycles. The summed E-state index contributed by atoms with van der Waals surface area (Å²) < 4.78 is 12.5. The minimum absolute atomic E-state index is 0.0810. The number of ether oxygens (including phenoxy) is 2. The zero-order valence-corrected chi connectivity index (χ0v) is 15.8. The van der Waals surface area contributed by atoms with Crippen LogP contribution in [0.25, 0.3) is 0 Å². The van der Waals surface area contributed by atoms with Gasteiger partial charge in [0.2, 0.25) is 5.91 Å². The number of carbonyl (C=O) groups is 1. The van der Waals surface area contributed by atoms with E-state index in [1.54, 1.807) is 32.4 Å². The normalized spacial score (nSPS) is 10.8. The molecule has 1 amide bonds. The predicted octanol–water partition coefficient (Wildman–Crippen LogP) is 3.35. The van der Waals surface area contributed by atoms with Crippen LogP contribution >= 0.6 is 0 Å². The molecule has 0 fully saturated rings. The monoisotopic (exact) mass is 345 g/mol. The number of methoxy groups -OCH3 is 2. The number of nitrogens with one attached hydrogen (secondary N) is 1. The summed E-state index contributed by atoms with van der Waals surface area (Å²) in [5, 5.41) is 7.47. The van der Waals surface area contributed by atoms with Crippen LogP contribution in [0, 0.1) is 19.8 Å². The Kier molecular flexibility index (Phi) is 6.07. The molecule has 2 rings (SSSR count). The summed E-state index contributed by atoms with van der Waals surface area (Å²) in [6.07, 6.45) is 0.296. The average Bonchev–Trinajstić information content (AvgIpc) is 2.81. The van der Waals surface area contributed by atoms with Gasteiger partial charge in [-0.3, -0.25) is 9.48 Å². The van der Waals surface area contributed by atoms with Gasteiger partial charge >= 0.3 is 0 Å². The Hall–Kier alpha value is -2.50. The van der Waals surface area contributed by atoms with E-state index in [1.165, 1.54) is 0 Å². The number of benzene rings is 1. The van der Waals surface area contributed by atoms with Crippen molar-refractivity contribution in [1.29, 1.82) is 0 Å². The average molecular weight is 345 g/mol. The third-order valence-electron chi connectivity index (χ3n) is 4.07. The lowest BCUT2D eigenvalue weighted by atomic mass is 10.1. The number of carbonyl (C=O) groups excluding carboxylic acids is 1. The van der Waals surface area contributed by atoms with Crippen LogP contribution in [0.5, 0.6) is 11.5 Å². The fourth-order valence-electron chi connectivity index (χ4n) is 2.79. The minimum Gasteiger partial charge on any atom is -0.493 e. The second kappa shape index (κ2) is 8.05. The van der Waals surface area contributed by atoms with E-state index in [-0.39, 0.29) is 5.91 Å².